The van der Waals surface area contributed by atoms with Gasteiger partial charge in [0, 0.05) is 6.04 Å². The smallest absolute Gasteiger partial charge is 0.271 e. The maximum atomic E-state index is 12.7. The van der Waals surface area contributed by atoms with Gasteiger partial charge < -0.3 is 0 Å². The molecule has 1 aliphatic carbocycles. The zero-order valence-corrected chi connectivity index (χ0v) is 10.7. The van der Waals surface area contributed by atoms with Crippen molar-refractivity contribution in [1.82, 2.24) is 5.43 Å². The minimum absolute atomic E-state index is 0.203. The van der Waals surface area contributed by atoms with Crippen molar-refractivity contribution in [2.24, 2.45) is 11.8 Å². The Balaban J connectivity index is 2.13. The Morgan fingerprint density at radius 3 is 2.53 bits per heavy atom. The van der Waals surface area contributed by atoms with Gasteiger partial charge in [0.1, 0.15) is 0 Å². The Labute approximate surface area is 111 Å². The van der Waals surface area contributed by atoms with E-state index in [2.05, 4.69) is 5.43 Å². The number of nitrogens with one attached hydrogen (secondary N) is 1. The van der Waals surface area contributed by atoms with Crippen molar-refractivity contribution in [1.29, 1.82) is 0 Å². The highest BCUT2D eigenvalue weighted by Gasteiger charge is 2.31. The van der Waals surface area contributed by atoms with Crippen LogP contribution in [0.25, 0.3) is 0 Å². The maximum Gasteiger partial charge on any atom is 0.416 e. The van der Waals surface area contributed by atoms with Crippen LogP contribution in [-0.2, 0) is 6.18 Å². The number of benzene rings is 1. The number of halogens is 3. The summed E-state index contributed by atoms with van der Waals surface area (Å²) in [5.41, 5.74) is 2.66. The molecule has 0 saturated heterocycles. The number of hydrogen-bond acceptors (Lipinski definition) is 2. The van der Waals surface area contributed by atoms with Crippen LogP contribution in [-0.4, -0.2) is 0 Å². The van der Waals surface area contributed by atoms with Crippen LogP contribution < -0.4 is 11.3 Å². The summed E-state index contributed by atoms with van der Waals surface area (Å²) in [7, 11) is 0. The zero-order chi connectivity index (χ0) is 13.9. The minimum atomic E-state index is -4.30. The van der Waals surface area contributed by atoms with Crippen LogP contribution in [0.2, 0.25) is 0 Å². The zero-order valence-electron chi connectivity index (χ0n) is 10.7. The molecule has 0 aromatic heterocycles. The van der Waals surface area contributed by atoms with E-state index in [0.717, 1.165) is 25.3 Å². The van der Waals surface area contributed by atoms with E-state index in [9.17, 15) is 13.2 Å². The van der Waals surface area contributed by atoms with E-state index < -0.39 is 11.7 Å². The molecule has 1 aromatic rings. The molecule has 0 spiro atoms. The average Bonchev–Trinajstić information content (AvgIpc) is 2.88. The first-order chi connectivity index (χ1) is 9.00. The lowest BCUT2D eigenvalue weighted by atomic mass is 9.93. The lowest BCUT2D eigenvalue weighted by Gasteiger charge is -2.21. The molecule has 0 aliphatic heterocycles. The van der Waals surface area contributed by atoms with E-state index in [-0.39, 0.29) is 6.04 Å². The predicted molar refractivity (Wildman–Crippen MR) is 68.1 cm³/mol. The van der Waals surface area contributed by atoms with Gasteiger partial charge in [0.15, 0.2) is 0 Å². The Morgan fingerprint density at radius 2 is 1.95 bits per heavy atom. The fraction of sp³-hybridized carbons (Fsp3) is 0.571. The molecule has 5 heteroatoms. The third kappa shape index (κ3) is 3.70. The highest BCUT2D eigenvalue weighted by Crippen LogP contribution is 2.35. The summed E-state index contributed by atoms with van der Waals surface area (Å²) < 4.78 is 38.1. The molecule has 0 bridgehead atoms. The van der Waals surface area contributed by atoms with Crippen LogP contribution in [0.3, 0.4) is 0 Å². The molecular formula is C14H19F3N2. The lowest BCUT2D eigenvalue weighted by Crippen LogP contribution is -2.29. The first-order valence-corrected chi connectivity index (χ1v) is 6.64. The molecule has 1 aliphatic rings. The molecule has 3 N–H and O–H groups in total. The second kappa shape index (κ2) is 5.92. The molecule has 1 unspecified atom stereocenters. The Hall–Kier alpha value is -1.07. The van der Waals surface area contributed by atoms with Crippen molar-refractivity contribution < 1.29 is 13.2 Å². The van der Waals surface area contributed by atoms with E-state index >= 15 is 0 Å². The molecule has 0 amide bonds. The maximum absolute atomic E-state index is 12.7. The summed E-state index contributed by atoms with van der Waals surface area (Å²) in [6, 6.07) is 5.23. The van der Waals surface area contributed by atoms with Crippen LogP contribution >= 0.6 is 0 Å². The van der Waals surface area contributed by atoms with Gasteiger partial charge >= 0.3 is 6.18 Å². The van der Waals surface area contributed by atoms with Crippen LogP contribution in [0, 0.1) is 5.92 Å². The highest BCUT2D eigenvalue weighted by atomic mass is 19.4. The summed E-state index contributed by atoms with van der Waals surface area (Å²) >= 11 is 0. The van der Waals surface area contributed by atoms with Gasteiger partial charge in [-0.25, -0.2) is 0 Å². The molecule has 19 heavy (non-hydrogen) atoms. The van der Waals surface area contributed by atoms with Crippen LogP contribution in [0.1, 0.15) is 49.3 Å². The van der Waals surface area contributed by atoms with Gasteiger partial charge in [-0.05, 0) is 30.0 Å². The second-order valence-electron chi connectivity index (χ2n) is 5.23. The van der Waals surface area contributed by atoms with Gasteiger partial charge in [-0.15, -0.1) is 0 Å². The minimum Gasteiger partial charge on any atom is -0.271 e. The summed E-state index contributed by atoms with van der Waals surface area (Å²) in [5.74, 6) is 6.08. The molecule has 1 atom stereocenters. The molecule has 1 aromatic carbocycles. The number of rotatable bonds is 4. The third-order valence-electron chi connectivity index (χ3n) is 3.86. The summed E-state index contributed by atoms with van der Waals surface area (Å²) in [5, 5.41) is 0. The molecule has 106 valence electrons. The number of nitrogens with two attached hydrogens (primary N) is 1. The van der Waals surface area contributed by atoms with Crippen molar-refractivity contribution in [3.8, 4) is 0 Å². The van der Waals surface area contributed by atoms with E-state index in [1.165, 1.54) is 25.0 Å². The van der Waals surface area contributed by atoms with Crippen LogP contribution in [0.15, 0.2) is 24.3 Å². The van der Waals surface area contributed by atoms with Gasteiger partial charge in [-0.1, -0.05) is 37.8 Å². The van der Waals surface area contributed by atoms with Crippen molar-refractivity contribution >= 4 is 0 Å². The van der Waals surface area contributed by atoms with Crippen molar-refractivity contribution in [3.05, 3.63) is 35.4 Å². The largest absolute Gasteiger partial charge is 0.416 e. The summed E-state index contributed by atoms with van der Waals surface area (Å²) in [6.45, 7) is 0. The van der Waals surface area contributed by atoms with E-state index in [4.69, 9.17) is 5.84 Å². The van der Waals surface area contributed by atoms with E-state index in [1.807, 2.05) is 0 Å². The van der Waals surface area contributed by atoms with Gasteiger partial charge in [-0.2, -0.15) is 13.2 Å². The summed E-state index contributed by atoms with van der Waals surface area (Å²) in [6.07, 6.45) is 1.23. The van der Waals surface area contributed by atoms with E-state index in [1.54, 1.807) is 6.07 Å². The molecule has 2 rings (SSSR count). The number of hydrazine groups is 1. The molecule has 1 fully saturated rings. The number of hydrogen-bond donors (Lipinski definition) is 2. The molecule has 1 saturated carbocycles. The van der Waals surface area contributed by atoms with Gasteiger partial charge in [0.25, 0.3) is 0 Å². The molecule has 0 radical (unpaired) electrons. The van der Waals surface area contributed by atoms with Gasteiger partial charge in [0.05, 0.1) is 5.56 Å². The standard InChI is InChI=1S/C14H19F3N2/c15-14(16,17)12-7-3-6-11(9-12)13(19-18)8-10-4-1-2-5-10/h3,6-7,9-10,13,19H,1-2,4-5,8,18H2. The first kappa shape index (κ1) is 14.3. The monoisotopic (exact) mass is 272 g/mol. The fourth-order valence-corrected chi connectivity index (χ4v) is 2.81. The molecule has 2 nitrogen and oxygen atoms in total. The normalized spacial score (nSPS) is 18.7. The Morgan fingerprint density at radius 1 is 1.26 bits per heavy atom. The van der Waals surface area contributed by atoms with Crippen LogP contribution in [0.4, 0.5) is 13.2 Å². The van der Waals surface area contributed by atoms with E-state index in [0.29, 0.717) is 11.5 Å². The van der Waals surface area contributed by atoms with Gasteiger partial charge in [0.2, 0.25) is 0 Å². The van der Waals surface area contributed by atoms with Crippen molar-refractivity contribution in [3.63, 3.8) is 0 Å². The highest BCUT2D eigenvalue weighted by molar-refractivity contribution is 5.28. The SMILES string of the molecule is NNC(CC1CCCC1)c1cccc(C(F)(F)F)c1. The van der Waals surface area contributed by atoms with Crippen molar-refractivity contribution in [2.75, 3.05) is 0 Å². The van der Waals surface area contributed by atoms with Crippen LogP contribution in [0.5, 0.6) is 0 Å². The average molecular weight is 272 g/mol. The molecule has 0 heterocycles. The quantitative estimate of drug-likeness (QED) is 0.646. The third-order valence-corrected chi connectivity index (χ3v) is 3.86. The lowest BCUT2D eigenvalue weighted by molar-refractivity contribution is -0.137. The van der Waals surface area contributed by atoms with Crippen molar-refractivity contribution in [2.45, 2.75) is 44.3 Å². The second-order valence-corrected chi connectivity index (χ2v) is 5.23. The fourth-order valence-electron chi connectivity index (χ4n) is 2.81. The Kier molecular flexibility index (Phi) is 4.47. The molecular weight excluding hydrogens is 253 g/mol. The summed E-state index contributed by atoms with van der Waals surface area (Å²) in [4.78, 5) is 0. The first-order valence-electron chi connectivity index (χ1n) is 6.64. The topological polar surface area (TPSA) is 38.0 Å². The van der Waals surface area contributed by atoms with Gasteiger partial charge in [-0.3, -0.25) is 11.3 Å². The predicted octanol–water partition coefficient (Wildman–Crippen LogP) is 3.79. The Bertz CT molecular complexity index is 411. The number of alkyl halides is 3.